The van der Waals surface area contributed by atoms with E-state index in [1.165, 1.54) is 12.1 Å². The Bertz CT molecular complexity index is 1050. The first kappa shape index (κ1) is 16.0. The molecule has 0 saturated carbocycles. The fraction of sp³-hybridized carbons (Fsp3) is 0.125. The van der Waals surface area contributed by atoms with E-state index in [1.54, 1.807) is 38.2 Å². The SMILES string of the molecule is Cc1cc(C(=O)O)cc(S(=O)(=O)Nc2ccc3cn[nH]c3c2)c1C. The van der Waals surface area contributed by atoms with Crippen LogP contribution in [0.25, 0.3) is 10.9 Å². The number of benzene rings is 2. The Balaban J connectivity index is 2.05. The van der Waals surface area contributed by atoms with Crippen LogP contribution in [0.2, 0.25) is 0 Å². The summed E-state index contributed by atoms with van der Waals surface area (Å²) in [7, 11) is -3.92. The zero-order chi connectivity index (χ0) is 17.5. The molecule has 0 spiro atoms. The Morgan fingerprint density at radius 3 is 2.67 bits per heavy atom. The number of aromatic nitrogens is 2. The van der Waals surface area contributed by atoms with E-state index in [-0.39, 0.29) is 10.5 Å². The number of fused-ring (bicyclic) bond motifs is 1. The molecule has 0 bridgehead atoms. The van der Waals surface area contributed by atoms with Gasteiger partial charge in [0.2, 0.25) is 0 Å². The van der Waals surface area contributed by atoms with Gasteiger partial charge in [0.05, 0.1) is 27.9 Å². The van der Waals surface area contributed by atoms with Gasteiger partial charge in [-0.2, -0.15) is 5.10 Å². The Morgan fingerprint density at radius 1 is 1.21 bits per heavy atom. The fourth-order valence-electron chi connectivity index (χ4n) is 2.44. The van der Waals surface area contributed by atoms with Crippen molar-refractivity contribution >= 4 is 32.6 Å². The average molecular weight is 345 g/mol. The number of rotatable bonds is 4. The molecule has 124 valence electrons. The maximum Gasteiger partial charge on any atom is 0.335 e. The van der Waals surface area contributed by atoms with E-state index in [0.717, 1.165) is 5.39 Å². The van der Waals surface area contributed by atoms with Crippen LogP contribution in [0.1, 0.15) is 21.5 Å². The van der Waals surface area contributed by atoms with Crippen LogP contribution in [0.4, 0.5) is 5.69 Å². The van der Waals surface area contributed by atoms with Crippen molar-refractivity contribution in [3.05, 3.63) is 53.2 Å². The van der Waals surface area contributed by atoms with Crippen LogP contribution in [0.3, 0.4) is 0 Å². The lowest BCUT2D eigenvalue weighted by atomic mass is 10.1. The van der Waals surface area contributed by atoms with E-state index in [0.29, 0.717) is 22.3 Å². The fourth-order valence-corrected chi connectivity index (χ4v) is 3.83. The van der Waals surface area contributed by atoms with E-state index < -0.39 is 16.0 Å². The van der Waals surface area contributed by atoms with Crippen molar-refractivity contribution in [3.8, 4) is 0 Å². The Morgan fingerprint density at radius 2 is 1.96 bits per heavy atom. The molecule has 8 heteroatoms. The summed E-state index contributed by atoms with van der Waals surface area (Å²) >= 11 is 0. The zero-order valence-electron chi connectivity index (χ0n) is 13.0. The number of nitrogens with zero attached hydrogens (tertiary/aromatic N) is 1. The average Bonchev–Trinajstić information content (AvgIpc) is 2.96. The molecule has 1 heterocycles. The second-order valence-electron chi connectivity index (χ2n) is 5.50. The van der Waals surface area contributed by atoms with Crippen molar-refractivity contribution in [3.63, 3.8) is 0 Å². The van der Waals surface area contributed by atoms with Crippen molar-refractivity contribution in [2.24, 2.45) is 0 Å². The number of H-pyrrole nitrogens is 1. The van der Waals surface area contributed by atoms with Gasteiger partial charge in [0.15, 0.2) is 0 Å². The molecule has 0 fully saturated rings. The van der Waals surface area contributed by atoms with Gasteiger partial charge >= 0.3 is 5.97 Å². The van der Waals surface area contributed by atoms with E-state index in [9.17, 15) is 13.2 Å². The van der Waals surface area contributed by atoms with Crippen LogP contribution in [0, 0.1) is 13.8 Å². The lowest BCUT2D eigenvalue weighted by Gasteiger charge is -2.13. The maximum absolute atomic E-state index is 12.7. The third-order valence-electron chi connectivity index (χ3n) is 3.85. The highest BCUT2D eigenvalue weighted by molar-refractivity contribution is 7.92. The number of carboxylic acids is 1. The summed E-state index contributed by atoms with van der Waals surface area (Å²) in [5.41, 5.74) is 2.10. The van der Waals surface area contributed by atoms with Gasteiger partial charge in [0, 0.05) is 5.39 Å². The van der Waals surface area contributed by atoms with E-state index >= 15 is 0 Å². The molecule has 0 amide bonds. The molecule has 3 aromatic rings. The summed E-state index contributed by atoms with van der Waals surface area (Å²) in [4.78, 5) is 11.1. The summed E-state index contributed by atoms with van der Waals surface area (Å²) in [5.74, 6) is -1.17. The van der Waals surface area contributed by atoms with E-state index in [4.69, 9.17) is 5.11 Å². The zero-order valence-corrected chi connectivity index (χ0v) is 13.8. The normalized spacial score (nSPS) is 11.6. The van der Waals surface area contributed by atoms with Crippen LogP contribution in [0.15, 0.2) is 41.4 Å². The monoisotopic (exact) mass is 345 g/mol. The van der Waals surface area contributed by atoms with Gasteiger partial charge in [-0.15, -0.1) is 0 Å². The predicted octanol–water partition coefficient (Wildman–Crippen LogP) is 2.68. The van der Waals surface area contributed by atoms with Crippen molar-refractivity contribution in [1.82, 2.24) is 10.2 Å². The molecule has 0 unspecified atom stereocenters. The molecule has 0 saturated heterocycles. The molecule has 1 aromatic heterocycles. The molecule has 3 rings (SSSR count). The second kappa shape index (κ2) is 5.64. The first-order chi connectivity index (χ1) is 11.3. The highest BCUT2D eigenvalue weighted by Crippen LogP contribution is 2.25. The summed E-state index contributed by atoms with van der Waals surface area (Å²) < 4.78 is 27.9. The van der Waals surface area contributed by atoms with Crippen molar-refractivity contribution in [1.29, 1.82) is 0 Å². The van der Waals surface area contributed by atoms with Crippen LogP contribution in [-0.2, 0) is 10.0 Å². The van der Waals surface area contributed by atoms with Crippen LogP contribution < -0.4 is 4.72 Å². The van der Waals surface area contributed by atoms with E-state index in [1.807, 2.05) is 0 Å². The van der Waals surface area contributed by atoms with Crippen LogP contribution >= 0.6 is 0 Å². The number of hydrogen-bond acceptors (Lipinski definition) is 4. The summed E-state index contributed by atoms with van der Waals surface area (Å²) in [6.07, 6.45) is 1.64. The third kappa shape index (κ3) is 2.83. The lowest BCUT2D eigenvalue weighted by Crippen LogP contribution is -2.16. The molecular weight excluding hydrogens is 330 g/mol. The van der Waals surface area contributed by atoms with Crippen LogP contribution in [-0.4, -0.2) is 29.7 Å². The number of carboxylic acid groups (broad SMARTS) is 1. The Kier molecular flexibility index (Phi) is 3.76. The molecule has 3 N–H and O–H groups in total. The molecule has 24 heavy (non-hydrogen) atoms. The molecule has 7 nitrogen and oxygen atoms in total. The van der Waals surface area contributed by atoms with Gasteiger partial charge in [-0.25, -0.2) is 13.2 Å². The molecule has 0 radical (unpaired) electrons. The minimum absolute atomic E-state index is 0.0513. The summed E-state index contributed by atoms with van der Waals surface area (Å²) in [6.45, 7) is 3.32. The molecule has 0 aliphatic carbocycles. The van der Waals surface area contributed by atoms with E-state index in [2.05, 4.69) is 14.9 Å². The molecule has 0 aliphatic heterocycles. The summed E-state index contributed by atoms with van der Waals surface area (Å²) in [5, 5.41) is 16.7. The molecule has 0 aliphatic rings. The standard InChI is InChI=1S/C16H15N3O4S/c1-9-5-12(16(20)21)6-15(10(9)2)24(22,23)19-13-4-3-11-8-17-18-14(11)7-13/h3-8,19H,1-2H3,(H,17,18)(H,20,21). The largest absolute Gasteiger partial charge is 0.478 e. The topological polar surface area (TPSA) is 112 Å². The number of aryl methyl sites for hydroxylation is 1. The van der Waals surface area contributed by atoms with Crippen molar-refractivity contribution in [2.45, 2.75) is 18.7 Å². The smallest absolute Gasteiger partial charge is 0.335 e. The van der Waals surface area contributed by atoms with Gasteiger partial charge in [-0.05, 0) is 55.3 Å². The third-order valence-corrected chi connectivity index (χ3v) is 5.36. The first-order valence-electron chi connectivity index (χ1n) is 7.08. The number of aromatic amines is 1. The number of nitrogens with one attached hydrogen (secondary N) is 2. The molecule has 2 aromatic carbocycles. The number of carbonyl (C=O) groups is 1. The Hall–Kier alpha value is -2.87. The second-order valence-corrected chi connectivity index (χ2v) is 7.15. The number of aromatic carboxylic acids is 1. The Labute approximate surface area is 138 Å². The van der Waals surface area contributed by atoms with Gasteiger partial charge in [0.1, 0.15) is 0 Å². The number of hydrogen-bond donors (Lipinski definition) is 3. The predicted molar refractivity (Wildman–Crippen MR) is 89.8 cm³/mol. The minimum atomic E-state index is -3.92. The number of sulfonamides is 1. The van der Waals surface area contributed by atoms with Crippen LogP contribution in [0.5, 0.6) is 0 Å². The summed E-state index contributed by atoms with van der Waals surface area (Å²) in [6, 6.07) is 7.61. The van der Waals surface area contributed by atoms with Crippen molar-refractivity contribution in [2.75, 3.05) is 4.72 Å². The van der Waals surface area contributed by atoms with Gasteiger partial charge in [-0.3, -0.25) is 9.82 Å². The first-order valence-corrected chi connectivity index (χ1v) is 8.57. The highest BCUT2D eigenvalue weighted by atomic mass is 32.2. The van der Waals surface area contributed by atoms with Gasteiger partial charge in [-0.1, -0.05) is 0 Å². The highest BCUT2D eigenvalue weighted by Gasteiger charge is 2.21. The quantitative estimate of drug-likeness (QED) is 0.673. The lowest BCUT2D eigenvalue weighted by molar-refractivity contribution is 0.0696. The minimum Gasteiger partial charge on any atom is -0.478 e. The maximum atomic E-state index is 12.7. The van der Waals surface area contributed by atoms with Crippen molar-refractivity contribution < 1.29 is 18.3 Å². The molecule has 0 atom stereocenters. The van der Waals surface area contributed by atoms with Gasteiger partial charge < -0.3 is 5.11 Å². The molecular formula is C16H15N3O4S. The number of anilines is 1. The van der Waals surface area contributed by atoms with Gasteiger partial charge in [0.25, 0.3) is 10.0 Å².